The Morgan fingerprint density at radius 2 is 1.67 bits per heavy atom. The first-order valence-electron chi connectivity index (χ1n) is 7.22. The number of carbonyl (C=O) groups is 2. The number of carbonyl (C=O) groups excluding carboxylic acids is 2. The Kier molecular flexibility index (Phi) is 6.14. The lowest BCUT2D eigenvalue weighted by molar-refractivity contribution is 0.0846. The molecule has 2 rings (SSSR count). The van der Waals surface area contributed by atoms with E-state index >= 15 is 0 Å². The second-order valence-corrected chi connectivity index (χ2v) is 5.85. The van der Waals surface area contributed by atoms with Gasteiger partial charge < -0.3 is 4.74 Å². The van der Waals surface area contributed by atoms with Gasteiger partial charge in [-0.2, -0.15) is 0 Å². The highest BCUT2D eigenvalue weighted by molar-refractivity contribution is 9.10. The number of nitrogens with one attached hydrogen (secondary N) is 2. The summed E-state index contributed by atoms with van der Waals surface area (Å²) < 4.78 is 6.17. The van der Waals surface area contributed by atoms with Crippen molar-refractivity contribution in [2.45, 2.75) is 6.92 Å². The Balaban J connectivity index is 1.93. The second kappa shape index (κ2) is 8.31. The topological polar surface area (TPSA) is 67.4 Å². The van der Waals surface area contributed by atoms with Crippen LogP contribution in [-0.2, 0) is 0 Å². The molecule has 0 aliphatic carbocycles. The quantitative estimate of drug-likeness (QED) is 0.609. The molecule has 124 valence electrons. The molecular weight excluding hydrogens is 372 g/mol. The number of ether oxygens (including phenoxy) is 1. The monoisotopic (exact) mass is 388 g/mol. The van der Waals surface area contributed by atoms with Gasteiger partial charge in [0.2, 0.25) is 0 Å². The maximum Gasteiger partial charge on any atom is 0.269 e. The van der Waals surface area contributed by atoms with E-state index < -0.39 is 11.8 Å². The first kappa shape index (κ1) is 17.7. The van der Waals surface area contributed by atoms with Gasteiger partial charge >= 0.3 is 0 Å². The molecule has 2 aromatic carbocycles. The molecule has 6 heteroatoms. The molecule has 0 spiro atoms. The summed E-state index contributed by atoms with van der Waals surface area (Å²) in [6.45, 7) is 5.89. The summed E-state index contributed by atoms with van der Waals surface area (Å²) in [4.78, 5) is 24.1. The van der Waals surface area contributed by atoms with Crippen molar-refractivity contribution in [3.05, 3.63) is 76.3 Å². The van der Waals surface area contributed by atoms with Crippen LogP contribution in [0.2, 0.25) is 0 Å². The molecule has 2 aromatic rings. The number of hydrazine groups is 1. The fourth-order valence-corrected chi connectivity index (χ4v) is 2.23. The molecule has 24 heavy (non-hydrogen) atoms. The second-order valence-electron chi connectivity index (χ2n) is 5.00. The molecule has 5 nitrogen and oxygen atoms in total. The standard InChI is InChI=1S/C18H17BrN2O3/c1-3-10-24-15-8-6-13(7-9-15)17(22)20-21-18(23)14-5-4-12(2)16(19)11-14/h3-9,11H,1,10H2,2H3,(H,20,22)(H,21,23). The Hall–Kier alpha value is -2.60. The Labute approximate surface area is 148 Å². The molecular formula is C18H17BrN2O3. The first-order chi connectivity index (χ1) is 11.5. The van der Waals surface area contributed by atoms with Gasteiger partial charge in [0.25, 0.3) is 11.8 Å². The SMILES string of the molecule is C=CCOc1ccc(C(=O)NNC(=O)c2ccc(C)c(Br)c2)cc1. The van der Waals surface area contributed by atoms with Gasteiger partial charge in [-0.3, -0.25) is 20.4 Å². The van der Waals surface area contributed by atoms with Gasteiger partial charge in [-0.1, -0.05) is 34.7 Å². The van der Waals surface area contributed by atoms with E-state index in [0.29, 0.717) is 23.5 Å². The molecule has 0 aromatic heterocycles. The largest absolute Gasteiger partial charge is 0.490 e. The molecule has 2 amide bonds. The molecule has 0 radical (unpaired) electrons. The van der Waals surface area contributed by atoms with Crippen molar-refractivity contribution in [3.63, 3.8) is 0 Å². The van der Waals surface area contributed by atoms with Crippen LogP contribution in [-0.4, -0.2) is 18.4 Å². The Morgan fingerprint density at radius 3 is 2.25 bits per heavy atom. The van der Waals surface area contributed by atoms with Crippen LogP contribution in [0.4, 0.5) is 0 Å². The lowest BCUT2D eigenvalue weighted by Crippen LogP contribution is -2.41. The normalized spacial score (nSPS) is 9.92. The third-order valence-corrected chi connectivity index (χ3v) is 4.06. The highest BCUT2D eigenvalue weighted by atomic mass is 79.9. The summed E-state index contributed by atoms with van der Waals surface area (Å²) in [7, 11) is 0. The summed E-state index contributed by atoms with van der Waals surface area (Å²) in [5.41, 5.74) is 6.65. The lowest BCUT2D eigenvalue weighted by atomic mass is 10.1. The zero-order valence-corrected chi connectivity index (χ0v) is 14.7. The zero-order chi connectivity index (χ0) is 17.5. The van der Waals surface area contributed by atoms with Crippen molar-refractivity contribution in [2.24, 2.45) is 0 Å². The predicted molar refractivity (Wildman–Crippen MR) is 95.9 cm³/mol. The molecule has 0 unspecified atom stereocenters. The van der Waals surface area contributed by atoms with Gasteiger partial charge in [-0.25, -0.2) is 0 Å². The number of halogens is 1. The van der Waals surface area contributed by atoms with E-state index in [9.17, 15) is 9.59 Å². The highest BCUT2D eigenvalue weighted by Gasteiger charge is 2.10. The minimum absolute atomic E-state index is 0.394. The molecule has 0 fully saturated rings. The first-order valence-corrected chi connectivity index (χ1v) is 8.01. The fourth-order valence-electron chi connectivity index (χ4n) is 1.85. The summed E-state index contributed by atoms with van der Waals surface area (Å²) >= 11 is 3.37. The van der Waals surface area contributed by atoms with Crippen LogP contribution < -0.4 is 15.6 Å². The number of hydrogen-bond acceptors (Lipinski definition) is 3. The van der Waals surface area contributed by atoms with Crippen LogP contribution in [0.1, 0.15) is 26.3 Å². The molecule has 0 aliphatic rings. The number of hydrogen-bond donors (Lipinski definition) is 2. The van der Waals surface area contributed by atoms with Crippen LogP contribution in [0.3, 0.4) is 0 Å². The van der Waals surface area contributed by atoms with Crippen LogP contribution in [0, 0.1) is 6.92 Å². The molecule has 2 N–H and O–H groups in total. The predicted octanol–water partition coefficient (Wildman–Crippen LogP) is 3.40. The van der Waals surface area contributed by atoms with E-state index in [-0.39, 0.29) is 0 Å². The minimum atomic E-state index is -0.412. The molecule has 0 saturated carbocycles. The Morgan fingerprint density at radius 1 is 1.08 bits per heavy atom. The maximum absolute atomic E-state index is 12.0. The summed E-state index contributed by atoms with van der Waals surface area (Å²) in [5, 5.41) is 0. The van der Waals surface area contributed by atoms with E-state index in [1.54, 1.807) is 42.5 Å². The average Bonchev–Trinajstić information content (AvgIpc) is 2.60. The van der Waals surface area contributed by atoms with E-state index in [4.69, 9.17) is 4.74 Å². The maximum atomic E-state index is 12.0. The number of amides is 2. The third kappa shape index (κ3) is 4.70. The third-order valence-electron chi connectivity index (χ3n) is 3.21. The van der Waals surface area contributed by atoms with Gasteiger partial charge in [-0.05, 0) is 48.9 Å². The molecule has 0 aliphatic heterocycles. The molecule has 0 atom stereocenters. The number of rotatable bonds is 5. The lowest BCUT2D eigenvalue weighted by Gasteiger charge is -2.09. The smallest absolute Gasteiger partial charge is 0.269 e. The van der Waals surface area contributed by atoms with Crippen molar-refractivity contribution in [1.29, 1.82) is 0 Å². The van der Waals surface area contributed by atoms with Gasteiger partial charge in [-0.15, -0.1) is 0 Å². The van der Waals surface area contributed by atoms with Crippen molar-refractivity contribution in [3.8, 4) is 5.75 Å². The van der Waals surface area contributed by atoms with Crippen molar-refractivity contribution in [1.82, 2.24) is 10.9 Å². The van der Waals surface area contributed by atoms with E-state index in [2.05, 4.69) is 33.4 Å². The molecule has 0 bridgehead atoms. The minimum Gasteiger partial charge on any atom is -0.490 e. The van der Waals surface area contributed by atoms with E-state index in [0.717, 1.165) is 10.0 Å². The van der Waals surface area contributed by atoms with E-state index in [1.807, 2.05) is 13.0 Å². The average molecular weight is 389 g/mol. The van der Waals surface area contributed by atoms with Crippen molar-refractivity contribution in [2.75, 3.05) is 6.61 Å². The van der Waals surface area contributed by atoms with Crippen LogP contribution in [0.25, 0.3) is 0 Å². The Bertz CT molecular complexity index is 757. The van der Waals surface area contributed by atoms with Crippen molar-refractivity contribution < 1.29 is 14.3 Å². The summed E-state index contributed by atoms with van der Waals surface area (Å²) in [6.07, 6.45) is 1.64. The fraction of sp³-hybridized carbons (Fsp3) is 0.111. The highest BCUT2D eigenvalue weighted by Crippen LogP contribution is 2.17. The summed E-state index contributed by atoms with van der Waals surface area (Å²) in [5.74, 6) is -0.167. The van der Waals surface area contributed by atoms with Crippen molar-refractivity contribution >= 4 is 27.7 Å². The van der Waals surface area contributed by atoms with Gasteiger partial charge in [0.1, 0.15) is 12.4 Å². The number of benzene rings is 2. The van der Waals surface area contributed by atoms with Crippen LogP contribution >= 0.6 is 15.9 Å². The van der Waals surface area contributed by atoms with Crippen LogP contribution in [0.5, 0.6) is 5.75 Å². The number of aryl methyl sites for hydroxylation is 1. The van der Waals surface area contributed by atoms with Gasteiger partial charge in [0, 0.05) is 15.6 Å². The zero-order valence-electron chi connectivity index (χ0n) is 13.1. The van der Waals surface area contributed by atoms with Gasteiger partial charge in [0.05, 0.1) is 0 Å². The molecule has 0 saturated heterocycles. The molecule has 0 heterocycles. The summed E-state index contributed by atoms with van der Waals surface area (Å²) in [6, 6.07) is 11.8. The van der Waals surface area contributed by atoms with Crippen LogP contribution in [0.15, 0.2) is 59.6 Å². The van der Waals surface area contributed by atoms with E-state index in [1.165, 1.54) is 0 Å². The van der Waals surface area contributed by atoms with Gasteiger partial charge in [0.15, 0.2) is 0 Å².